The van der Waals surface area contributed by atoms with E-state index in [2.05, 4.69) is 15.9 Å². The summed E-state index contributed by atoms with van der Waals surface area (Å²) < 4.78 is 13.9. The van der Waals surface area contributed by atoms with Gasteiger partial charge in [-0.05, 0) is 46.0 Å². The summed E-state index contributed by atoms with van der Waals surface area (Å²) in [5, 5.41) is 0. The van der Waals surface area contributed by atoms with Crippen LogP contribution in [0.3, 0.4) is 0 Å². The first-order valence-electron chi connectivity index (χ1n) is 3.92. The van der Waals surface area contributed by atoms with E-state index in [-0.39, 0.29) is 24.3 Å². The van der Waals surface area contributed by atoms with Crippen molar-refractivity contribution in [1.29, 1.82) is 0 Å². The van der Waals surface area contributed by atoms with E-state index in [1.165, 1.54) is 0 Å². The standard InChI is InChI=1S/C9H9BrFN.ClH/c10-7-3-1-5-6(9(7)11)2-4-8(5)12;/h1,3,8H,2,4,12H2;1H/t8-;/m1./s1. The molecule has 2 rings (SSSR count). The van der Waals surface area contributed by atoms with Gasteiger partial charge in [-0.25, -0.2) is 4.39 Å². The van der Waals surface area contributed by atoms with Crippen LogP contribution < -0.4 is 5.73 Å². The molecule has 13 heavy (non-hydrogen) atoms. The van der Waals surface area contributed by atoms with Crippen LogP contribution in [0, 0.1) is 5.82 Å². The molecular formula is C9H10BrClFN. The van der Waals surface area contributed by atoms with Gasteiger partial charge in [-0.3, -0.25) is 0 Å². The minimum absolute atomic E-state index is 0. The van der Waals surface area contributed by atoms with Gasteiger partial charge in [0.15, 0.2) is 0 Å². The number of hydrogen-bond acceptors (Lipinski definition) is 1. The van der Waals surface area contributed by atoms with Crippen LogP contribution in [0.25, 0.3) is 0 Å². The maximum atomic E-state index is 13.4. The first-order chi connectivity index (χ1) is 5.70. The van der Waals surface area contributed by atoms with Crippen molar-refractivity contribution < 1.29 is 4.39 Å². The fourth-order valence-corrected chi connectivity index (χ4v) is 2.04. The summed E-state index contributed by atoms with van der Waals surface area (Å²) >= 11 is 3.15. The van der Waals surface area contributed by atoms with Crippen LogP contribution in [-0.2, 0) is 6.42 Å². The Morgan fingerprint density at radius 2 is 2.15 bits per heavy atom. The monoisotopic (exact) mass is 265 g/mol. The number of fused-ring (bicyclic) bond motifs is 1. The van der Waals surface area contributed by atoms with E-state index in [1.54, 1.807) is 6.07 Å². The molecule has 1 aliphatic rings. The molecule has 2 N–H and O–H groups in total. The van der Waals surface area contributed by atoms with Gasteiger partial charge >= 0.3 is 0 Å². The summed E-state index contributed by atoms with van der Waals surface area (Å²) in [6.45, 7) is 0. The van der Waals surface area contributed by atoms with E-state index in [9.17, 15) is 4.39 Å². The van der Waals surface area contributed by atoms with Gasteiger partial charge in [0.1, 0.15) is 5.82 Å². The Balaban J connectivity index is 0.000000845. The van der Waals surface area contributed by atoms with Crippen molar-refractivity contribution in [3.63, 3.8) is 0 Å². The van der Waals surface area contributed by atoms with Gasteiger partial charge in [-0.2, -0.15) is 0 Å². The van der Waals surface area contributed by atoms with Crippen LogP contribution in [0.2, 0.25) is 0 Å². The molecular weight excluding hydrogens is 256 g/mol. The fraction of sp³-hybridized carbons (Fsp3) is 0.333. The second-order valence-corrected chi connectivity index (χ2v) is 3.93. The predicted octanol–water partition coefficient (Wildman–Crippen LogP) is 2.96. The van der Waals surface area contributed by atoms with Crippen molar-refractivity contribution in [2.45, 2.75) is 18.9 Å². The highest BCUT2D eigenvalue weighted by Crippen LogP contribution is 2.33. The predicted molar refractivity (Wildman–Crippen MR) is 56.6 cm³/mol. The molecule has 1 aliphatic carbocycles. The van der Waals surface area contributed by atoms with E-state index >= 15 is 0 Å². The average Bonchev–Trinajstić information content (AvgIpc) is 2.41. The van der Waals surface area contributed by atoms with Crippen LogP contribution in [-0.4, -0.2) is 0 Å². The van der Waals surface area contributed by atoms with E-state index in [0.717, 1.165) is 24.0 Å². The van der Waals surface area contributed by atoms with Crippen LogP contribution in [0.5, 0.6) is 0 Å². The zero-order chi connectivity index (χ0) is 8.72. The number of nitrogens with two attached hydrogens (primary N) is 1. The molecule has 1 atom stereocenters. The largest absolute Gasteiger partial charge is 0.324 e. The molecule has 0 unspecified atom stereocenters. The highest BCUT2D eigenvalue weighted by Gasteiger charge is 2.22. The van der Waals surface area contributed by atoms with Gasteiger partial charge in [0.05, 0.1) is 4.47 Å². The smallest absolute Gasteiger partial charge is 0.140 e. The maximum Gasteiger partial charge on any atom is 0.140 e. The van der Waals surface area contributed by atoms with Gasteiger partial charge in [-0.15, -0.1) is 12.4 Å². The SMILES string of the molecule is Cl.N[C@@H]1CCc2c1ccc(Br)c2F. The van der Waals surface area contributed by atoms with Gasteiger partial charge < -0.3 is 5.73 Å². The van der Waals surface area contributed by atoms with Crippen molar-refractivity contribution in [2.75, 3.05) is 0 Å². The van der Waals surface area contributed by atoms with Crippen LogP contribution >= 0.6 is 28.3 Å². The second kappa shape index (κ2) is 3.95. The summed E-state index contributed by atoms with van der Waals surface area (Å²) in [6.07, 6.45) is 1.63. The van der Waals surface area contributed by atoms with E-state index in [0.29, 0.717) is 4.47 Å². The highest BCUT2D eigenvalue weighted by molar-refractivity contribution is 9.10. The molecule has 72 valence electrons. The summed E-state index contributed by atoms with van der Waals surface area (Å²) in [6, 6.07) is 3.65. The topological polar surface area (TPSA) is 26.0 Å². The van der Waals surface area contributed by atoms with E-state index < -0.39 is 0 Å². The average molecular weight is 267 g/mol. The van der Waals surface area contributed by atoms with E-state index in [1.807, 2.05) is 6.07 Å². The molecule has 0 fully saturated rings. The number of hydrogen-bond donors (Lipinski definition) is 1. The van der Waals surface area contributed by atoms with Crippen LogP contribution in [0.4, 0.5) is 4.39 Å². The molecule has 0 aliphatic heterocycles. The Morgan fingerprint density at radius 3 is 2.85 bits per heavy atom. The molecule has 4 heteroatoms. The molecule has 1 aromatic rings. The summed E-state index contributed by atoms with van der Waals surface area (Å²) in [5.41, 5.74) is 7.54. The quantitative estimate of drug-likeness (QED) is 0.768. The van der Waals surface area contributed by atoms with Crippen molar-refractivity contribution in [2.24, 2.45) is 5.73 Å². The van der Waals surface area contributed by atoms with Crippen LogP contribution in [0.1, 0.15) is 23.6 Å². The maximum absolute atomic E-state index is 13.4. The van der Waals surface area contributed by atoms with E-state index in [4.69, 9.17) is 5.73 Å². The Bertz CT molecular complexity index is 330. The summed E-state index contributed by atoms with van der Waals surface area (Å²) in [7, 11) is 0. The Labute approximate surface area is 91.0 Å². The van der Waals surface area contributed by atoms with Gasteiger partial charge in [0, 0.05) is 6.04 Å². The normalized spacial score (nSPS) is 19.5. The molecule has 0 bridgehead atoms. The minimum Gasteiger partial charge on any atom is -0.324 e. The zero-order valence-electron chi connectivity index (χ0n) is 6.89. The van der Waals surface area contributed by atoms with Gasteiger partial charge in [-0.1, -0.05) is 6.07 Å². The minimum atomic E-state index is -0.138. The van der Waals surface area contributed by atoms with Crippen LogP contribution in [0.15, 0.2) is 16.6 Å². The number of rotatable bonds is 0. The lowest BCUT2D eigenvalue weighted by atomic mass is 10.1. The number of benzene rings is 1. The second-order valence-electron chi connectivity index (χ2n) is 3.07. The molecule has 0 heterocycles. The third-order valence-electron chi connectivity index (χ3n) is 2.34. The zero-order valence-corrected chi connectivity index (χ0v) is 9.29. The molecule has 0 saturated carbocycles. The molecule has 0 saturated heterocycles. The lowest BCUT2D eigenvalue weighted by Crippen LogP contribution is -2.05. The first kappa shape index (κ1) is 11.0. The molecule has 0 radical (unpaired) electrons. The molecule has 1 aromatic carbocycles. The lowest BCUT2D eigenvalue weighted by Gasteiger charge is -2.05. The van der Waals surface area contributed by atoms with Gasteiger partial charge in [0.2, 0.25) is 0 Å². The molecule has 0 aromatic heterocycles. The van der Waals surface area contributed by atoms with Crippen molar-refractivity contribution >= 4 is 28.3 Å². The Kier molecular flexibility index (Phi) is 3.33. The molecule has 1 nitrogen and oxygen atoms in total. The fourth-order valence-electron chi connectivity index (χ4n) is 1.66. The third kappa shape index (κ3) is 1.73. The highest BCUT2D eigenvalue weighted by atomic mass is 79.9. The van der Waals surface area contributed by atoms with Crippen molar-refractivity contribution in [3.05, 3.63) is 33.5 Å². The van der Waals surface area contributed by atoms with Gasteiger partial charge in [0.25, 0.3) is 0 Å². The Hall–Kier alpha value is -0.120. The Morgan fingerprint density at radius 1 is 1.46 bits per heavy atom. The lowest BCUT2D eigenvalue weighted by molar-refractivity contribution is 0.606. The van der Waals surface area contributed by atoms with Crippen molar-refractivity contribution in [1.82, 2.24) is 0 Å². The summed E-state index contributed by atoms with van der Waals surface area (Å²) in [5.74, 6) is -0.138. The molecule has 0 spiro atoms. The number of halogens is 3. The third-order valence-corrected chi connectivity index (χ3v) is 2.95. The first-order valence-corrected chi connectivity index (χ1v) is 4.72. The van der Waals surface area contributed by atoms with Crippen molar-refractivity contribution in [3.8, 4) is 0 Å². The molecule has 0 amide bonds. The summed E-state index contributed by atoms with van der Waals surface area (Å²) in [4.78, 5) is 0.